The molecule has 1 aliphatic rings. The molecule has 1 aliphatic carbocycles. The minimum Gasteiger partial charge on any atom is -0.478 e. The predicted octanol–water partition coefficient (Wildman–Crippen LogP) is 3.09. The lowest BCUT2D eigenvalue weighted by atomic mass is 9.92. The van der Waals surface area contributed by atoms with Gasteiger partial charge in [0.1, 0.15) is 6.10 Å². The molecule has 0 aliphatic heterocycles. The summed E-state index contributed by atoms with van der Waals surface area (Å²) in [5.74, 6) is -1.47. The van der Waals surface area contributed by atoms with E-state index in [0.717, 1.165) is 30.4 Å². The Labute approximate surface area is 114 Å². The van der Waals surface area contributed by atoms with Crippen LogP contribution >= 0.6 is 0 Å². The molecule has 0 heterocycles. The Bertz CT molecular complexity index is 423. The van der Waals surface area contributed by atoms with Crippen molar-refractivity contribution in [3.63, 3.8) is 0 Å². The second-order valence-electron chi connectivity index (χ2n) is 5.45. The molecule has 1 rings (SSSR count). The Morgan fingerprint density at radius 3 is 2.26 bits per heavy atom. The average molecular weight is 266 g/mol. The second kappa shape index (κ2) is 6.55. The molecular weight excluding hydrogens is 244 g/mol. The first-order chi connectivity index (χ1) is 8.82. The first-order valence-corrected chi connectivity index (χ1v) is 6.59. The molecule has 2 atom stereocenters. The van der Waals surface area contributed by atoms with Gasteiger partial charge < -0.3 is 9.84 Å². The van der Waals surface area contributed by atoms with E-state index in [1.54, 1.807) is 13.8 Å². The van der Waals surface area contributed by atoms with Gasteiger partial charge in [-0.3, -0.25) is 0 Å². The summed E-state index contributed by atoms with van der Waals surface area (Å²) in [5.41, 5.74) is 2.05. The van der Waals surface area contributed by atoms with E-state index < -0.39 is 5.97 Å². The third kappa shape index (κ3) is 4.23. The number of carboxylic acids is 1. The number of carbonyl (C=O) groups excluding carboxylic acids is 1. The van der Waals surface area contributed by atoms with Crippen LogP contribution in [0.4, 0.5) is 0 Å². The maximum absolute atomic E-state index is 11.7. The molecule has 0 aromatic carbocycles. The van der Waals surface area contributed by atoms with Gasteiger partial charge in [0.15, 0.2) is 0 Å². The Balaban J connectivity index is 2.85. The van der Waals surface area contributed by atoms with Crippen LogP contribution < -0.4 is 0 Å². The van der Waals surface area contributed by atoms with Gasteiger partial charge in [-0.05, 0) is 47.0 Å². The summed E-state index contributed by atoms with van der Waals surface area (Å²) in [6.07, 6.45) is 3.51. The number of ether oxygens (including phenoxy) is 1. The summed E-state index contributed by atoms with van der Waals surface area (Å²) in [6.45, 7) is 7.23. The number of carbonyl (C=O) groups is 2. The Morgan fingerprint density at radius 2 is 1.79 bits per heavy atom. The fourth-order valence-corrected chi connectivity index (χ4v) is 2.56. The van der Waals surface area contributed by atoms with Gasteiger partial charge >= 0.3 is 11.9 Å². The fourth-order valence-electron chi connectivity index (χ4n) is 2.56. The van der Waals surface area contributed by atoms with E-state index in [1.807, 2.05) is 13.8 Å². The summed E-state index contributed by atoms with van der Waals surface area (Å²) in [6, 6.07) is 0. The van der Waals surface area contributed by atoms with Crippen molar-refractivity contribution in [2.75, 3.05) is 0 Å². The van der Waals surface area contributed by atoms with Crippen LogP contribution in [0.15, 0.2) is 22.8 Å². The fraction of sp³-hybridized carbons (Fsp3) is 0.600. The van der Waals surface area contributed by atoms with Gasteiger partial charge in [-0.1, -0.05) is 11.1 Å². The number of esters is 1. The molecule has 1 N–H and O–H groups in total. The van der Waals surface area contributed by atoms with E-state index in [1.165, 1.54) is 6.08 Å². The van der Waals surface area contributed by atoms with E-state index in [0.29, 0.717) is 5.57 Å². The number of rotatable bonds is 4. The molecule has 0 saturated heterocycles. The van der Waals surface area contributed by atoms with E-state index in [9.17, 15) is 14.7 Å². The van der Waals surface area contributed by atoms with E-state index >= 15 is 0 Å². The van der Waals surface area contributed by atoms with Crippen LogP contribution in [0.5, 0.6) is 0 Å². The maximum Gasteiger partial charge on any atom is 0.331 e. The smallest absolute Gasteiger partial charge is 0.331 e. The van der Waals surface area contributed by atoms with E-state index in [2.05, 4.69) is 0 Å². The summed E-state index contributed by atoms with van der Waals surface area (Å²) in [7, 11) is 0. The second-order valence-corrected chi connectivity index (χ2v) is 5.45. The van der Waals surface area contributed by atoms with Crippen LogP contribution in [0.2, 0.25) is 0 Å². The SMILES string of the molecule is CC(C)=CC(=O)O[C@@H]1CCC[C@H]1C(C(=O)O)=C(C)C. The zero-order chi connectivity index (χ0) is 14.6. The monoisotopic (exact) mass is 266 g/mol. The van der Waals surface area contributed by atoms with Gasteiger partial charge in [-0.2, -0.15) is 0 Å². The van der Waals surface area contributed by atoms with Crippen LogP contribution in [0, 0.1) is 5.92 Å². The van der Waals surface area contributed by atoms with Crippen molar-refractivity contribution in [3.05, 3.63) is 22.8 Å². The van der Waals surface area contributed by atoms with Crippen LogP contribution in [0.1, 0.15) is 47.0 Å². The molecule has 19 heavy (non-hydrogen) atoms. The van der Waals surface area contributed by atoms with Crippen molar-refractivity contribution in [2.45, 2.75) is 53.1 Å². The molecule has 0 unspecified atom stereocenters. The van der Waals surface area contributed by atoms with Crippen LogP contribution in [-0.2, 0) is 14.3 Å². The first-order valence-electron chi connectivity index (χ1n) is 6.59. The molecule has 4 heteroatoms. The summed E-state index contributed by atoms with van der Waals surface area (Å²) in [5, 5.41) is 9.29. The normalized spacial score (nSPS) is 21.7. The zero-order valence-corrected chi connectivity index (χ0v) is 12.0. The third-order valence-corrected chi connectivity index (χ3v) is 3.27. The molecule has 1 fully saturated rings. The Kier molecular flexibility index (Phi) is 5.33. The minimum absolute atomic E-state index is 0.183. The first kappa shape index (κ1) is 15.5. The van der Waals surface area contributed by atoms with Gasteiger partial charge in [0, 0.05) is 17.6 Å². The van der Waals surface area contributed by atoms with Crippen molar-refractivity contribution in [1.82, 2.24) is 0 Å². The predicted molar refractivity (Wildman–Crippen MR) is 72.7 cm³/mol. The number of hydrogen-bond acceptors (Lipinski definition) is 3. The summed E-state index contributed by atoms with van der Waals surface area (Å²) in [4.78, 5) is 23.0. The quantitative estimate of drug-likeness (QED) is 0.627. The van der Waals surface area contributed by atoms with Gasteiger partial charge in [0.05, 0.1) is 0 Å². The minimum atomic E-state index is -0.907. The molecule has 0 spiro atoms. The van der Waals surface area contributed by atoms with Gasteiger partial charge in [0.25, 0.3) is 0 Å². The van der Waals surface area contributed by atoms with Crippen molar-refractivity contribution in [2.24, 2.45) is 5.92 Å². The zero-order valence-electron chi connectivity index (χ0n) is 12.0. The molecule has 0 radical (unpaired) electrons. The topological polar surface area (TPSA) is 63.6 Å². The molecule has 1 saturated carbocycles. The van der Waals surface area contributed by atoms with Crippen LogP contribution in [0.25, 0.3) is 0 Å². The van der Waals surface area contributed by atoms with E-state index in [-0.39, 0.29) is 18.0 Å². The molecule has 106 valence electrons. The molecular formula is C15H22O4. The lowest BCUT2D eigenvalue weighted by Gasteiger charge is -2.21. The summed E-state index contributed by atoms with van der Waals surface area (Å²) >= 11 is 0. The van der Waals surface area contributed by atoms with Crippen molar-refractivity contribution < 1.29 is 19.4 Å². The molecule has 0 aromatic rings. The third-order valence-electron chi connectivity index (χ3n) is 3.27. The lowest BCUT2D eigenvalue weighted by molar-refractivity contribution is -0.145. The number of allylic oxidation sites excluding steroid dienone is 2. The van der Waals surface area contributed by atoms with E-state index in [4.69, 9.17) is 4.74 Å². The highest BCUT2D eigenvalue weighted by molar-refractivity contribution is 5.88. The standard InChI is InChI=1S/C15H22O4/c1-9(2)8-13(16)19-12-7-5-6-11(12)14(10(3)4)15(17)18/h8,11-12H,5-7H2,1-4H3,(H,17,18)/t11-,12-/m1/s1. The van der Waals surface area contributed by atoms with Gasteiger partial charge in [-0.25, -0.2) is 9.59 Å². The molecule has 0 bridgehead atoms. The summed E-state index contributed by atoms with van der Waals surface area (Å²) < 4.78 is 5.40. The Hall–Kier alpha value is -1.58. The molecule has 0 amide bonds. The van der Waals surface area contributed by atoms with Gasteiger partial charge in [0.2, 0.25) is 0 Å². The van der Waals surface area contributed by atoms with Crippen molar-refractivity contribution >= 4 is 11.9 Å². The number of aliphatic carboxylic acids is 1. The molecule has 4 nitrogen and oxygen atoms in total. The highest BCUT2D eigenvalue weighted by atomic mass is 16.5. The number of carboxylic acid groups (broad SMARTS) is 1. The number of hydrogen-bond donors (Lipinski definition) is 1. The maximum atomic E-state index is 11.7. The van der Waals surface area contributed by atoms with Crippen molar-refractivity contribution in [1.29, 1.82) is 0 Å². The largest absolute Gasteiger partial charge is 0.478 e. The Morgan fingerprint density at radius 1 is 1.16 bits per heavy atom. The average Bonchev–Trinajstić information content (AvgIpc) is 2.63. The highest BCUT2D eigenvalue weighted by Crippen LogP contribution is 2.35. The van der Waals surface area contributed by atoms with Crippen LogP contribution in [0.3, 0.4) is 0 Å². The highest BCUT2D eigenvalue weighted by Gasteiger charge is 2.36. The molecule has 0 aromatic heterocycles. The van der Waals surface area contributed by atoms with Crippen molar-refractivity contribution in [3.8, 4) is 0 Å². The lowest BCUT2D eigenvalue weighted by Crippen LogP contribution is -2.26. The van der Waals surface area contributed by atoms with Gasteiger partial charge in [-0.15, -0.1) is 0 Å². The van der Waals surface area contributed by atoms with Crippen LogP contribution in [-0.4, -0.2) is 23.1 Å².